The Morgan fingerprint density at radius 3 is 2.16 bits per heavy atom. The van der Waals surface area contributed by atoms with E-state index in [2.05, 4.69) is 61.5 Å². The second-order valence-corrected chi connectivity index (χ2v) is 14.7. The molecule has 0 aromatic heterocycles. The largest absolute Gasteiger partial charge is 0.393 e. The molecule has 4 fully saturated rings. The average Bonchev–Trinajstić information content (AvgIpc) is 3.05. The molecule has 176 valence electrons. The van der Waals surface area contributed by atoms with Crippen molar-refractivity contribution in [2.75, 3.05) is 0 Å². The predicted octanol–water partition coefficient (Wildman–Crippen LogP) is 8.02. The Bertz CT molecular complexity index is 777. The lowest BCUT2D eigenvalue weighted by Crippen LogP contribution is -2.62. The fraction of sp³-hybridized carbons (Fsp3) is 0.933. The molecule has 0 aromatic rings. The van der Waals surface area contributed by atoms with Crippen molar-refractivity contribution in [3.05, 3.63) is 11.6 Å². The fourth-order valence-corrected chi connectivity index (χ4v) is 11.2. The second-order valence-electron chi connectivity index (χ2n) is 14.7. The molecule has 0 saturated heterocycles. The van der Waals surface area contributed by atoms with Crippen LogP contribution in [0.25, 0.3) is 0 Å². The summed E-state index contributed by atoms with van der Waals surface area (Å²) in [5, 5.41) is 10.8. The van der Waals surface area contributed by atoms with Gasteiger partial charge in [-0.1, -0.05) is 67.0 Å². The van der Waals surface area contributed by atoms with Crippen LogP contribution in [0.5, 0.6) is 0 Å². The van der Waals surface area contributed by atoms with Gasteiger partial charge in [0, 0.05) is 0 Å². The summed E-state index contributed by atoms with van der Waals surface area (Å²) in [6.45, 7) is 20.4. The minimum Gasteiger partial charge on any atom is -0.393 e. The van der Waals surface area contributed by atoms with E-state index in [-0.39, 0.29) is 11.5 Å². The molecule has 0 radical (unpaired) electrons. The van der Waals surface area contributed by atoms with Gasteiger partial charge in [-0.25, -0.2) is 0 Å². The van der Waals surface area contributed by atoms with Gasteiger partial charge in [-0.05, 0) is 114 Å². The third kappa shape index (κ3) is 2.60. The zero-order valence-corrected chi connectivity index (χ0v) is 21.9. The molecular weight excluding hydrogens is 376 g/mol. The maximum absolute atomic E-state index is 10.8. The zero-order valence-electron chi connectivity index (χ0n) is 21.9. The highest BCUT2D eigenvalue weighted by molar-refractivity contribution is 5.33. The van der Waals surface area contributed by atoms with Crippen LogP contribution >= 0.6 is 0 Å². The van der Waals surface area contributed by atoms with E-state index in [9.17, 15) is 5.11 Å². The molecule has 9 atom stereocenters. The van der Waals surface area contributed by atoms with E-state index in [4.69, 9.17) is 0 Å². The molecule has 31 heavy (non-hydrogen) atoms. The fourth-order valence-electron chi connectivity index (χ4n) is 11.2. The first-order chi connectivity index (χ1) is 14.3. The van der Waals surface area contributed by atoms with Gasteiger partial charge >= 0.3 is 0 Å². The molecule has 0 spiro atoms. The molecule has 0 aliphatic heterocycles. The minimum absolute atomic E-state index is 0.0432. The van der Waals surface area contributed by atoms with Gasteiger partial charge in [0.2, 0.25) is 0 Å². The van der Waals surface area contributed by atoms with Crippen molar-refractivity contribution in [3.8, 4) is 0 Å². The summed E-state index contributed by atoms with van der Waals surface area (Å²) in [5.41, 5.74) is 3.61. The van der Waals surface area contributed by atoms with Crippen molar-refractivity contribution in [3.63, 3.8) is 0 Å². The first-order valence-corrected chi connectivity index (χ1v) is 13.7. The Kier molecular flexibility index (Phi) is 4.82. The third-order valence-corrected chi connectivity index (χ3v) is 13.2. The SMILES string of the molecule is CC(C)[C@@H]1CC[C@H]2[C@@]1(C)CC[C@@]1(C)[C@@H]3CC[C@H]4C(C)(C)[C@H](O)CC[C@]4(C)C3=CC[C@]21C. The standard InChI is InChI=1S/C30H50O/c1-19(2)20-9-12-24-28(20,6)17-18-29(7)22-10-11-23-26(3,4)25(31)14-15-27(23,5)21(22)13-16-30(24,29)8/h13,19-20,22-25,31H,9-12,14-18H2,1-8H3/t20-,22+,23-,24-,25+,27+,28-,29-,30+/m0/s1. The number of allylic oxidation sites excluding steroid dienone is 2. The average molecular weight is 427 g/mol. The Hall–Kier alpha value is -0.300. The summed E-state index contributed by atoms with van der Waals surface area (Å²) in [7, 11) is 0. The smallest absolute Gasteiger partial charge is 0.0594 e. The Balaban J connectivity index is 1.55. The molecule has 1 N–H and O–H groups in total. The van der Waals surface area contributed by atoms with Gasteiger partial charge in [-0.3, -0.25) is 0 Å². The number of rotatable bonds is 1. The van der Waals surface area contributed by atoms with E-state index < -0.39 is 0 Å². The van der Waals surface area contributed by atoms with Crippen LogP contribution in [0.15, 0.2) is 11.6 Å². The number of aliphatic hydroxyl groups excluding tert-OH is 1. The van der Waals surface area contributed by atoms with Crippen LogP contribution < -0.4 is 0 Å². The maximum Gasteiger partial charge on any atom is 0.0594 e. The quantitative estimate of drug-likeness (QED) is 0.421. The van der Waals surface area contributed by atoms with Crippen molar-refractivity contribution in [2.45, 2.75) is 119 Å². The number of aliphatic hydroxyl groups is 1. The van der Waals surface area contributed by atoms with Gasteiger partial charge in [0.1, 0.15) is 0 Å². The molecule has 0 aromatic carbocycles. The lowest BCUT2D eigenvalue weighted by atomic mass is 9.35. The molecule has 0 unspecified atom stereocenters. The summed E-state index contributed by atoms with van der Waals surface area (Å²) >= 11 is 0. The van der Waals surface area contributed by atoms with Gasteiger partial charge in [-0.15, -0.1) is 0 Å². The van der Waals surface area contributed by atoms with Crippen LogP contribution in [-0.4, -0.2) is 11.2 Å². The highest BCUT2D eigenvalue weighted by atomic mass is 16.3. The predicted molar refractivity (Wildman–Crippen MR) is 131 cm³/mol. The van der Waals surface area contributed by atoms with Gasteiger partial charge in [-0.2, -0.15) is 0 Å². The summed E-state index contributed by atoms with van der Waals surface area (Å²) in [5.74, 6) is 4.02. The summed E-state index contributed by atoms with van der Waals surface area (Å²) in [4.78, 5) is 0. The van der Waals surface area contributed by atoms with Crippen LogP contribution in [0.1, 0.15) is 113 Å². The van der Waals surface area contributed by atoms with E-state index in [1.165, 1.54) is 51.4 Å². The monoisotopic (exact) mass is 426 g/mol. The van der Waals surface area contributed by atoms with Gasteiger partial charge in [0.05, 0.1) is 6.10 Å². The first-order valence-electron chi connectivity index (χ1n) is 13.7. The van der Waals surface area contributed by atoms with Gasteiger partial charge < -0.3 is 5.11 Å². The molecular formula is C30H50O. The van der Waals surface area contributed by atoms with E-state index in [1.807, 2.05) is 5.57 Å². The molecule has 5 rings (SSSR count). The molecule has 0 bridgehead atoms. The highest BCUT2D eigenvalue weighted by Crippen LogP contribution is 2.76. The van der Waals surface area contributed by atoms with Crippen LogP contribution in [0.3, 0.4) is 0 Å². The van der Waals surface area contributed by atoms with Crippen molar-refractivity contribution in [1.82, 2.24) is 0 Å². The van der Waals surface area contributed by atoms with Crippen molar-refractivity contribution in [1.29, 1.82) is 0 Å². The number of fused-ring (bicyclic) bond motifs is 7. The number of hydrogen-bond donors (Lipinski definition) is 1. The number of hydrogen-bond acceptors (Lipinski definition) is 1. The molecule has 1 nitrogen and oxygen atoms in total. The molecule has 4 saturated carbocycles. The maximum atomic E-state index is 10.8. The molecule has 5 aliphatic carbocycles. The van der Waals surface area contributed by atoms with E-state index in [1.54, 1.807) is 0 Å². The Labute approximate surface area is 192 Å². The van der Waals surface area contributed by atoms with Crippen molar-refractivity contribution in [2.24, 2.45) is 56.7 Å². The Morgan fingerprint density at radius 1 is 0.806 bits per heavy atom. The van der Waals surface area contributed by atoms with Crippen molar-refractivity contribution >= 4 is 0 Å². The summed E-state index contributed by atoms with van der Waals surface area (Å²) in [6.07, 6.45) is 14.6. The third-order valence-electron chi connectivity index (χ3n) is 13.2. The first kappa shape index (κ1) is 22.5. The zero-order chi connectivity index (χ0) is 22.6. The summed E-state index contributed by atoms with van der Waals surface area (Å²) < 4.78 is 0. The van der Waals surface area contributed by atoms with Crippen LogP contribution in [0.4, 0.5) is 0 Å². The van der Waals surface area contributed by atoms with E-state index in [0.717, 1.165) is 30.1 Å². The summed E-state index contributed by atoms with van der Waals surface area (Å²) in [6, 6.07) is 0. The van der Waals surface area contributed by atoms with E-state index in [0.29, 0.717) is 27.6 Å². The van der Waals surface area contributed by atoms with Gasteiger partial charge in [0.25, 0.3) is 0 Å². The molecule has 0 amide bonds. The minimum atomic E-state index is -0.131. The molecule has 1 heteroatoms. The Morgan fingerprint density at radius 2 is 1.48 bits per heavy atom. The highest BCUT2D eigenvalue weighted by Gasteiger charge is 2.68. The normalized spacial score (nSPS) is 55.7. The van der Waals surface area contributed by atoms with Crippen LogP contribution in [0.2, 0.25) is 0 Å². The van der Waals surface area contributed by atoms with Crippen LogP contribution in [-0.2, 0) is 0 Å². The van der Waals surface area contributed by atoms with Crippen LogP contribution in [0, 0.1) is 56.7 Å². The van der Waals surface area contributed by atoms with E-state index >= 15 is 0 Å². The second kappa shape index (κ2) is 6.64. The van der Waals surface area contributed by atoms with Gasteiger partial charge in [0.15, 0.2) is 0 Å². The lowest BCUT2D eigenvalue weighted by Gasteiger charge is -2.69. The van der Waals surface area contributed by atoms with Crippen molar-refractivity contribution < 1.29 is 5.11 Å². The molecule has 5 aliphatic rings. The molecule has 0 heterocycles. The topological polar surface area (TPSA) is 20.2 Å². The lowest BCUT2D eigenvalue weighted by molar-refractivity contribution is -0.165.